The molecular weight excluding hydrogens is 270 g/mol. The van der Waals surface area contributed by atoms with Crippen molar-refractivity contribution in [1.82, 2.24) is 5.32 Å². The molecule has 0 fully saturated rings. The van der Waals surface area contributed by atoms with Crippen LogP contribution in [-0.4, -0.2) is 29.6 Å². The minimum absolute atomic E-state index is 0.0714. The van der Waals surface area contributed by atoms with Gasteiger partial charge < -0.3 is 15.2 Å². The second kappa shape index (κ2) is 6.80. The summed E-state index contributed by atoms with van der Waals surface area (Å²) in [5.74, 6) is -1.20. The van der Waals surface area contributed by atoms with Gasteiger partial charge in [0.1, 0.15) is 5.75 Å². The van der Waals surface area contributed by atoms with Crippen molar-refractivity contribution in [3.63, 3.8) is 0 Å². The van der Waals surface area contributed by atoms with Gasteiger partial charge in [0.25, 0.3) is 5.91 Å². The Labute approximate surface area is 115 Å². The van der Waals surface area contributed by atoms with E-state index in [0.29, 0.717) is 6.54 Å². The molecule has 0 bridgehead atoms. The van der Waals surface area contributed by atoms with Crippen molar-refractivity contribution in [2.24, 2.45) is 0 Å². The molecule has 19 heavy (non-hydrogen) atoms. The summed E-state index contributed by atoms with van der Waals surface area (Å²) in [6, 6.07) is 4.20. The first-order chi connectivity index (χ1) is 8.95. The maximum atomic E-state index is 11.6. The van der Waals surface area contributed by atoms with Gasteiger partial charge >= 0.3 is 5.97 Å². The quantitative estimate of drug-likeness (QED) is 0.784. The highest BCUT2D eigenvalue weighted by molar-refractivity contribution is 6.33. The average Bonchev–Trinajstić information content (AvgIpc) is 2.37. The van der Waals surface area contributed by atoms with Crippen LogP contribution in [0.15, 0.2) is 30.9 Å². The van der Waals surface area contributed by atoms with Crippen molar-refractivity contribution in [2.75, 3.05) is 6.54 Å². The molecule has 0 saturated carbocycles. The number of carboxylic acid groups (broad SMARTS) is 1. The summed E-state index contributed by atoms with van der Waals surface area (Å²) in [7, 11) is 0. The third-order valence-electron chi connectivity index (χ3n) is 2.27. The maximum absolute atomic E-state index is 11.6. The average molecular weight is 284 g/mol. The lowest BCUT2D eigenvalue weighted by atomic mass is 10.2. The molecule has 0 spiro atoms. The van der Waals surface area contributed by atoms with Crippen LogP contribution in [0.4, 0.5) is 0 Å². The van der Waals surface area contributed by atoms with Gasteiger partial charge in [0, 0.05) is 6.54 Å². The van der Waals surface area contributed by atoms with Crippen molar-refractivity contribution in [3.8, 4) is 5.75 Å². The van der Waals surface area contributed by atoms with E-state index in [4.69, 9.17) is 21.4 Å². The molecule has 0 saturated heterocycles. The van der Waals surface area contributed by atoms with Crippen molar-refractivity contribution in [1.29, 1.82) is 0 Å². The van der Waals surface area contributed by atoms with Gasteiger partial charge in [-0.2, -0.15) is 0 Å². The number of halogens is 1. The van der Waals surface area contributed by atoms with Crippen LogP contribution in [0.1, 0.15) is 17.3 Å². The molecule has 1 aromatic rings. The normalized spacial score (nSPS) is 11.5. The Hall–Kier alpha value is -2.01. The molecule has 0 heterocycles. The Balaban J connectivity index is 2.77. The number of amides is 1. The van der Waals surface area contributed by atoms with Gasteiger partial charge in [-0.3, -0.25) is 4.79 Å². The minimum Gasteiger partial charge on any atom is -0.481 e. The van der Waals surface area contributed by atoms with Gasteiger partial charge in [0.2, 0.25) is 0 Å². The Bertz CT molecular complexity index is 501. The molecule has 1 atom stereocenters. The Morgan fingerprint density at radius 2 is 2.26 bits per heavy atom. The van der Waals surface area contributed by atoms with Crippen molar-refractivity contribution in [3.05, 3.63) is 41.4 Å². The number of carbonyl (C=O) groups is 2. The standard InChI is InChI=1S/C13H14ClNO4/c1-3-6-15-12(16)8(2)19-9-4-5-11(14)10(7-9)13(17)18/h3-5,7-8H,1,6H2,2H3,(H,15,16)(H,17,18). The summed E-state index contributed by atoms with van der Waals surface area (Å²) in [6.07, 6.45) is 0.804. The van der Waals surface area contributed by atoms with Gasteiger partial charge in [-0.1, -0.05) is 17.7 Å². The second-order valence-electron chi connectivity index (χ2n) is 3.74. The van der Waals surface area contributed by atoms with Crippen LogP contribution in [0.25, 0.3) is 0 Å². The second-order valence-corrected chi connectivity index (χ2v) is 4.15. The number of hydrogen-bond acceptors (Lipinski definition) is 3. The van der Waals surface area contributed by atoms with E-state index in [1.165, 1.54) is 18.2 Å². The van der Waals surface area contributed by atoms with Gasteiger partial charge in [-0.15, -0.1) is 6.58 Å². The van der Waals surface area contributed by atoms with E-state index < -0.39 is 12.1 Å². The molecule has 1 unspecified atom stereocenters. The molecule has 0 aliphatic rings. The van der Waals surface area contributed by atoms with Crippen LogP contribution in [0.5, 0.6) is 5.75 Å². The Morgan fingerprint density at radius 3 is 2.84 bits per heavy atom. The van der Waals surface area contributed by atoms with E-state index >= 15 is 0 Å². The van der Waals surface area contributed by atoms with Crippen molar-refractivity contribution >= 4 is 23.5 Å². The van der Waals surface area contributed by atoms with E-state index in [1.807, 2.05) is 0 Å². The summed E-state index contributed by atoms with van der Waals surface area (Å²) in [6.45, 7) is 5.38. The smallest absolute Gasteiger partial charge is 0.337 e. The lowest BCUT2D eigenvalue weighted by Crippen LogP contribution is -2.36. The van der Waals surface area contributed by atoms with E-state index in [0.717, 1.165) is 0 Å². The highest BCUT2D eigenvalue weighted by Gasteiger charge is 2.16. The van der Waals surface area contributed by atoms with Gasteiger partial charge in [-0.05, 0) is 25.1 Å². The van der Waals surface area contributed by atoms with Crippen LogP contribution < -0.4 is 10.1 Å². The fourth-order valence-electron chi connectivity index (χ4n) is 1.32. The van der Waals surface area contributed by atoms with E-state index in [1.54, 1.807) is 13.0 Å². The number of benzene rings is 1. The molecule has 6 heteroatoms. The lowest BCUT2D eigenvalue weighted by molar-refractivity contribution is -0.127. The Kier molecular flexibility index (Phi) is 5.38. The first-order valence-corrected chi connectivity index (χ1v) is 5.91. The topological polar surface area (TPSA) is 75.6 Å². The van der Waals surface area contributed by atoms with Gasteiger partial charge in [0.05, 0.1) is 10.6 Å². The molecule has 1 aromatic carbocycles. The molecule has 0 aliphatic carbocycles. The maximum Gasteiger partial charge on any atom is 0.337 e. The number of carbonyl (C=O) groups excluding carboxylic acids is 1. The predicted molar refractivity (Wildman–Crippen MR) is 71.7 cm³/mol. The minimum atomic E-state index is -1.15. The predicted octanol–water partition coefficient (Wildman–Crippen LogP) is 2.11. The summed E-state index contributed by atoms with van der Waals surface area (Å²) >= 11 is 5.73. The molecule has 0 radical (unpaired) electrons. The summed E-state index contributed by atoms with van der Waals surface area (Å²) in [5.41, 5.74) is -0.0714. The molecule has 2 N–H and O–H groups in total. The summed E-state index contributed by atoms with van der Waals surface area (Å²) in [5, 5.41) is 11.6. The third-order valence-corrected chi connectivity index (χ3v) is 2.60. The van der Waals surface area contributed by atoms with E-state index in [2.05, 4.69) is 11.9 Å². The molecule has 102 valence electrons. The zero-order valence-electron chi connectivity index (χ0n) is 10.4. The fourth-order valence-corrected chi connectivity index (χ4v) is 1.51. The first kappa shape index (κ1) is 15.0. The first-order valence-electron chi connectivity index (χ1n) is 5.53. The molecule has 1 amide bonds. The highest BCUT2D eigenvalue weighted by Crippen LogP contribution is 2.22. The molecular formula is C13H14ClNO4. The van der Waals surface area contributed by atoms with Gasteiger partial charge in [-0.25, -0.2) is 4.79 Å². The van der Waals surface area contributed by atoms with Gasteiger partial charge in [0.15, 0.2) is 6.10 Å². The number of nitrogens with one attached hydrogen (secondary N) is 1. The number of ether oxygens (including phenoxy) is 1. The largest absolute Gasteiger partial charge is 0.481 e. The molecule has 5 nitrogen and oxygen atoms in total. The van der Waals surface area contributed by atoms with Crippen LogP contribution in [-0.2, 0) is 4.79 Å². The summed E-state index contributed by atoms with van der Waals surface area (Å²) in [4.78, 5) is 22.5. The van der Waals surface area contributed by atoms with Crippen LogP contribution in [0.2, 0.25) is 5.02 Å². The zero-order valence-corrected chi connectivity index (χ0v) is 11.1. The SMILES string of the molecule is C=CCNC(=O)C(C)Oc1ccc(Cl)c(C(=O)O)c1. The van der Waals surface area contributed by atoms with E-state index in [-0.39, 0.29) is 22.2 Å². The zero-order chi connectivity index (χ0) is 14.4. The summed E-state index contributed by atoms with van der Waals surface area (Å²) < 4.78 is 5.35. The van der Waals surface area contributed by atoms with Crippen molar-refractivity contribution in [2.45, 2.75) is 13.0 Å². The lowest BCUT2D eigenvalue weighted by Gasteiger charge is -2.14. The third kappa shape index (κ3) is 4.30. The fraction of sp³-hybridized carbons (Fsp3) is 0.231. The van der Waals surface area contributed by atoms with Crippen molar-refractivity contribution < 1.29 is 19.4 Å². The highest BCUT2D eigenvalue weighted by atomic mass is 35.5. The Morgan fingerprint density at radius 1 is 1.58 bits per heavy atom. The number of carboxylic acids is 1. The van der Waals surface area contributed by atoms with Crippen LogP contribution in [0, 0.1) is 0 Å². The monoisotopic (exact) mass is 283 g/mol. The van der Waals surface area contributed by atoms with Crippen LogP contribution in [0.3, 0.4) is 0 Å². The van der Waals surface area contributed by atoms with Crippen LogP contribution >= 0.6 is 11.6 Å². The molecule has 1 rings (SSSR count). The molecule has 0 aliphatic heterocycles. The van der Waals surface area contributed by atoms with E-state index in [9.17, 15) is 9.59 Å². The number of hydrogen-bond donors (Lipinski definition) is 2. The number of aromatic carboxylic acids is 1. The molecule has 0 aromatic heterocycles. The number of rotatable bonds is 6.